The SMILES string of the molecule is CNC1CCc2c1cn(Cc1cccc(F)c1)c2-c1ccccc1F. The van der Waals surface area contributed by atoms with Gasteiger partial charge >= 0.3 is 0 Å². The van der Waals surface area contributed by atoms with Gasteiger partial charge in [-0.2, -0.15) is 0 Å². The molecule has 1 unspecified atom stereocenters. The molecule has 4 rings (SSSR count). The lowest BCUT2D eigenvalue weighted by atomic mass is 10.0. The van der Waals surface area contributed by atoms with Gasteiger partial charge in [-0.3, -0.25) is 0 Å². The van der Waals surface area contributed by atoms with Crippen LogP contribution < -0.4 is 5.32 Å². The van der Waals surface area contributed by atoms with Crippen molar-refractivity contribution in [1.82, 2.24) is 9.88 Å². The Labute approximate surface area is 146 Å². The molecule has 0 fully saturated rings. The summed E-state index contributed by atoms with van der Waals surface area (Å²) in [6.07, 6.45) is 4.03. The quantitative estimate of drug-likeness (QED) is 0.730. The molecule has 0 spiro atoms. The second-order valence-corrected chi connectivity index (χ2v) is 6.53. The minimum Gasteiger partial charge on any atom is -0.342 e. The van der Waals surface area contributed by atoms with Gasteiger partial charge in [0.25, 0.3) is 0 Å². The number of aromatic nitrogens is 1. The van der Waals surface area contributed by atoms with Gasteiger partial charge < -0.3 is 9.88 Å². The first-order valence-corrected chi connectivity index (χ1v) is 8.56. The van der Waals surface area contributed by atoms with E-state index in [9.17, 15) is 8.78 Å². The van der Waals surface area contributed by atoms with Gasteiger partial charge in [0, 0.05) is 24.3 Å². The molecule has 1 heterocycles. The molecular weight excluding hydrogens is 318 g/mol. The lowest BCUT2D eigenvalue weighted by Gasteiger charge is -2.13. The Morgan fingerprint density at radius 3 is 2.72 bits per heavy atom. The van der Waals surface area contributed by atoms with Crippen LogP contribution >= 0.6 is 0 Å². The fraction of sp³-hybridized carbons (Fsp3) is 0.238. The van der Waals surface area contributed by atoms with Crippen molar-refractivity contribution in [3.63, 3.8) is 0 Å². The van der Waals surface area contributed by atoms with Gasteiger partial charge in [-0.25, -0.2) is 8.78 Å². The average molecular weight is 338 g/mol. The highest BCUT2D eigenvalue weighted by atomic mass is 19.1. The van der Waals surface area contributed by atoms with Crippen molar-refractivity contribution in [2.24, 2.45) is 0 Å². The van der Waals surface area contributed by atoms with E-state index in [0.29, 0.717) is 12.1 Å². The summed E-state index contributed by atoms with van der Waals surface area (Å²) in [5.74, 6) is -0.477. The van der Waals surface area contributed by atoms with E-state index in [4.69, 9.17) is 0 Å². The van der Waals surface area contributed by atoms with Crippen LogP contribution in [-0.4, -0.2) is 11.6 Å². The molecule has 1 aromatic heterocycles. The summed E-state index contributed by atoms with van der Waals surface area (Å²) < 4.78 is 30.1. The van der Waals surface area contributed by atoms with Gasteiger partial charge in [0.15, 0.2) is 0 Å². The van der Waals surface area contributed by atoms with E-state index in [0.717, 1.165) is 24.1 Å². The van der Waals surface area contributed by atoms with Crippen molar-refractivity contribution in [3.8, 4) is 11.3 Å². The van der Waals surface area contributed by atoms with Crippen molar-refractivity contribution < 1.29 is 8.78 Å². The van der Waals surface area contributed by atoms with Crippen molar-refractivity contribution >= 4 is 0 Å². The number of fused-ring (bicyclic) bond motifs is 1. The predicted octanol–water partition coefficient (Wildman–Crippen LogP) is 4.69. The van der Waals surface area contributed by atoms with E-state index in [1.165, 1.54) is 29.3 Å². The van der Waals surface area contributed by atoms with Gasteiger partial charge in [0.05, 0.1) is 5.69 Å². The molecule has 2 aromatic carbocycles. The van der Waals surface area contributed by atoms with Gasteiger partial charge in [-0.1, -0.05) is 24.3 Å². The number of nitrogens with one attached hydrogen (secondary N) is 1. The van der Waals surface area contributed by atoms with E-state index in [-0.39, 0.29) is 17.7 Å². The van der Waals surface area contributed by atoms with E-state index in [2.05, 4.69) is 16.1 Å². The maximum Gasteiger partial charge on any atom is 0.132 e. The first-order valence-electron chi connectivity index (χ1n) is 8.56. The lowest BCUT2D eigenvalue weighted by molar-refractivity contribution is 0.583. The lowest BCUT2D eigenvalue weighted by Crippen LogP contribution is -2.12. The predicted molar refractivity (Wildman–Crippen MR) is 95.4 cm³/mol. The monoisotopic (exact) mass is 338 g/mol. The minimum atomic E-state index is -0.252. The smallest absolute Gasteiger partial charge is 0.132 e. The topological polar surface area (TPSA) is 17.0 Å². The third kappa shape index (κ3) is 2.87. The minimum absolute atomic E-state index is 0.225. The Morgan fingerprint density at radius 2 is 1.96 bits per heavy atom. The fourth-order valence-electron chi connectivity index (χ4n) is 3.85. The van der Waals surface area contributed by atoms with Crippen molar-refractivity contribution in [2.75, 3.05) is 7.05 Å². The summed E-state index contributed by atoms with van der Waals surface area (Å²) >= 11 is 0. The zero-order valence-electron chi connectivity index (χ0n) is 14.1. The summed E-state index contributed by atoms with van der Waals surface area (Å²) in [4.78, 5) is 0. The Bertz CT molecular complexity index is 914. The molecule has 3 aromatic rings. The summed E-state index contributed by atoms with van der Waals surface area (Å²) in [6, 6.07) is 13.7. The van der Waals surface area contributed by atoms with Gasteiger partial charge in [-0.05, 0) is 60.8 Å². The summed E-state index contributed by atoms with van der Waals surface area (Å²) in [5, 5.41) is 3.33. The van der Waals surface area contributed by atoms with E-state index in [1.807, 2.05) is 25.2 Å². The van der Waals surface area contributed by atoms with Crippen LogP contribution in [0.25, 0.3) is 11.3 Å². The van der Waals surface area contributed by atoms with E-state index in [1.54, 1.807) is 12.1 Å². The van der Waals surface area contributed by atoms with Crippen LogP contribution in [0.1, 0.15) is 29.2 Å². The molecule has 1 N–H and O–H groups in total. The molecule has 0 aliphatic heterocycles. The molecule has 25 heavy (non-hydrogen) atoms. The zero-order chi connectivity index (χ0) is 17.4. The van der Waals surface area contributed by atoms with Crippen molar-refractivity contribution in [3.05, 3.63) is 83.1 Å². The average Bonchev–Trinajstić information content (AvgIpc) is 3.14. The maximum atomic E-state index is 14.5. The van der Waals surface area contributed by atoms with Crippen molar-refractivity contribution in [1.29, 1.82) is 0 Å². The first kappa shape index (κ1) is 16.0. The highest BCUT2D eigenvalue weighted by Gasteiger charge is 2.28. The highest BCUT2D eigenvalue weighted by Crippen LogP contribution is 2.40. The second kappa shape index (κ2) is 6.45. The normalized spacial score (nSPS) is 16.2. The first-order chi connectivity index (χ1) is 12.2. The molecule has 4 heteroatoms. The molecule has 0 radical (unpaired) electrons. The number of halogens is 2. The highest BCUT2D eigenvalue weighted by molar-refractivity contribution is 5.68. The summed E-state index contributed by atoms with van der Waals surface area (Å²) in [6.45, 7) is 0.519. The molecule has 0 saturated carbocycles. The van der Waals surface area contributed by atoms with Crippen LogP contribution in [0.5, 0.6) is 0 Å². The number of nitrogens with zero attached hydrogens (tertiary/aromatic N) is 1. The molecule has 1 atom stereocenters. The van der Waals surface area contributed by atoms with Crippen LogP contribution in [0.4, 0.5) is 8.78 Å². The Hall–Kier alpha value is -2.46. The Kier molecular flexibility index (Phi) is 4.14. The van der Waals surface area contributed by atoms with Crippen LogP contribution in [0.15, 0.2) is 54.7 Å². The van der Waals surface area contributed by atoms with Gasteiger partial charge in [0.2, 0.25) is 0 Å². The van der Waals surface area contributed by atoms with Crippen LogP contribution in [0, 0.1) is 11.6 Å². The molecule has 0 bridgehead atoms. The summed E-state index contributed by atoms with van der Waals surface area (Å²) in [5.41, 5.74) is 4.80. The molecule has 0 saturated heterocycles. The molecule has 1 aliphatic rings. The summed E-state index contributed by atoms with van der Waals surface area (Å²) in [7, 11) is 1.95. The molecule has 0 amide bonds. The molecule has 1 aliphatic carbocycles. The van der Waals surface area contributed by atoms with Gasteiger partial charge in [0.1, 0.15) is 11.6 Å². The third-order valence-electron chi connectivity index (χ3n) is 4.99. The molecule has 128 valence electrons. The maximum absolute atomic E-state index is 14.5. The standard InChI is InChI=1S/C21H20F2N2/c1-24-20-10-9-16-18(20)13-25(12-14-5-4-6-15(22)11-14)21(16)17-7-2-3-8-19(17)23/h2-8,11,13,20,24H,9-10,12H2,1H3. The Balaban J connectivity index is 1.85. The van der Waals surface area contributed by atoms with Crippen LogP contribution in [-0.2, 0) is 13.0 Å². The number of hydrogen-bond acceptors (Lipinski definition) is 1. The largest absolute Gasteiger partial charge is 0.342 e. The van der Waals surface area contributed by atoms with E-state index >= 15 is 0 Å². The van der Waals surface area contributed by atoms with Gasteiger partial charge in [-0.15, -0.1) is 0 Å². The number of hydrogen-bond donors (Lipinski definition) is 1. The molecular formula is C21H20F2N2. The van der Waals surface area contributed by atoms with Crippen LogP contribution in [0.2, 0.25) is 0 Å². The Morgan fingerprint density at radius 1 is 1.12 bits per heavy atom. The third-order valence-corrected chi connectivity index (χ3v) is 4.99. The van der Waals surface area contributed by atoms with Crippen LogP contribution in [0.3, 0.4) is 0 Å². The number of benzene rings is 2. The fourth-order valence-corrected chi connectivity index (χ4v) is 3.85. The second-order valence-electron chi connectivity index (χ2n) is 6.53. The zero-order valence-corrected chi connectivity index (χ0v) is 14.1. The van der Waals surface area contributed by atoms with Crippen molar-refractivity contribution in [2.45, 2.75) is 25.4 Å². The number of rotatable bonds is 4. The van der Waals surface area contributed by atoms with E-state index < -0.39 is 0 Å². The molecule has 2 nitrogen and oxygen atoms in total.